The Kier molecular flexibility index (Phi) is 3.41. The Morgan fingerprint density at radius 1 is 1.18 bits per heavy atom. The number of benzene rings is 1. The maximum Gasteiger partial charge on any atom is 0.226 e. The average molecular weight is 349 g/mol. The second kappa shape index (κ2) is 5.43. The molecule has 4 nitrogen and oxygen atoms in total. The van der Waals surface area contributed by atoms with Crippen LogP contribution in [0.1, 0.15) is 16.5 Å². The van der Waals surface area contributed by atoms with Gasteiger partial charge in [-0.3, -0.25) is 0 Å². The normalized spacial score (nSPS) is 16.8. The number of rotatable bonds is 2. The topological polar surface area (TPSA) is 42.7 Å². The minimum absolute atomic E-state index is 0.151. The zero-order valence-corrected chi connectivity index (χ0v) is 13.5. The highest BCUT2D eigenvalue weighted by atomic mass is 35.5. The third-order valence-corrected chi connectivity index (χ3v) is 5.23. The van der Waals surface area contributed by atoms with Crippen molar-refractivity contribution in [3.63, 3.8) is 0 Å². The molecule has 110 valence electrons. The molecule has 3 aromatic rings. The molecule has 3 heterocycles. The molecule has 0 radical (unpaired) electrons. The summed E-state index contributed by atoms with van der Waals surface area (Å²) in [5.74, 6) is 0.687. The van der Waals surface area contributed by atoms with Gasteiger partial charge in [0, 0.05) is 5.56 Å². The highest BCUT2D eigenvalue weighted by Crippen LogP contribution is 2.38. The molecule has 0 saturated heterocycles. The first-order chi connectivity index (χ1) is 10.7. The van der Waals surface area contributed by atoms with E-state index in [1.165, 1.54) is 6.33 Å². The molecule has 1 aliphatic rings. The molecular formula is C15H10Cl2N4S. The fourth-order valence-electron chi connectivity index (χ4n) is 2.48. The van der Waals surface area contributed by atoms with Crippen molar-refractivity contribution in [3.8, 4) is 0 Å². The molecule has 0 amide bonds. The number of fused-ring (bicyclic) bond motifs is 1. The minimum Gasteiger partial charge on any atom is -0.323 e. The van der Waals surface area contributed by atoms with E-state index in [9.17, 15) is 0 Å². The van der Waals surface area contributed by atoms with Gasteiger partial charge in [0.2, 0.25) is 5.95 Å². The Balaban J connectivity index is 1.88. The zero-order chi connectivity index (χ0) is 15.1. The number of nitrogens with one attached hydrogen (secondary N) is 1. The van der Waals surface area contributed by atoms with Crippen molar-refractivity contribution in [2.24, 2.45) is 0 Å². The van der Waals surface area contributed by atoms with Crippen molar-refractivity contribution in [2.45, 2.75) is 6.04 Å². The summed E-state index contributed by atoms with van der Waals surface area (Å²) in [6, 6.07) is 9.55. The molecule has 2 aromatic heterocycles. The van der Waals surface area contributed by atoms with Gasteiger partial charge in [-0.2, -0.15) is 10.1 Å². The monoisotopic (exact) mass is 348 g/mol. The summed E-state index contributed by atoms with van der Waals surface area (Å²) in [4.78, 5) is 5.41. The summed E-state index contributed by atoms with van der Waals surface area (Å²) in [5.41, 5.74) is 1.90. The Bertz CT molecular complexity index is 854. The molecule has 1 atom stereocenters. The molecule has 1 aliphatic heterocycles. The van der Waals surface area contributed by atoms with Crippen LogP contribution in [0.5, 0.6) is 0 Å². The van der Waals surface area contributed by atoms with E-state index in [2.05, 4.69) is 27.5 Å². The van der Waals surface area contributed by atoms with E-state index in [4.69, 9.17) is 23.2 Å². The number of allylic oxidation sites excluding steroid dienone is 1. The number of aromatic nitrogens is 3. The quantitative estimate of drug-likeness (QED) is 0.729. The molecule has 22 heavy (non-hydrogen) atoms. The third kappa shape index (κ3) is 2.22. The molecule has 0 fully saturated rings. The van der Waals surface area contributed by atoms with Gasteiger partial charge < -0.3 is 5.32 Å². The standard InChI is InChI=1S/C15H10Cl2N4S/c16-10-4-1-3-9(14(10)17)12-7-11(13-5-2-6-22-13)20-15-18-8-19-21(12)15/h1-8,12H,(H,18,19,20)/t12-/m0/s1. The van der Waals surface area contributed by atoms with Crippen LogP contribution in [0, 0.1) is 0 Å². The van der Waals surface area contributed by atoms with Gasteiger partial charge in [-0.05, 0) is 23.6 Å². The Labute approximate surface area is 141 Å². The van der Waals surface area contributed by atoms with Gasteiger partial charge in [0.05, 0.1) is 20.6 Å². The Hall–Kier alpha value is -1.82. The molecule has 0 aliphatic carbocycles. The van der Waals surface area contributed by atoms with Crippen molar-refractivity contribution in [1.29, 1.82) is 0 Å². The van der Waals surface area contributed by atoms with Crippen LogP contribution in [0.25, 0.3) is 5.70 Å². The molecule has 4 rings (SSSR count). The lowest BCUT2D eigenvalue weighted by Crippen LogP contribution is -2.20. The second-order valence-corrected chi connectivity index (χ2v) is 6.53. The number of hydrogen-bond donors (Lipinski definition) is 1. The van der Waals surface area contributed by atoms with Gasteiger partial charge in [0.15, 0.2) is 0 Å². The van der Waals surface area contributed by atoms with Gasteiger partial charge in [-0.15, -0.1) is 11.3 Å². The first kappa shape index (κ1) is 13.8. The van der Waals surface area contributed by atoms with Crippen molar-refractivity contribution in [3.05, 3.63) is 68.6 Å². The first-order valence-corrected chi connectivity index (χ1v) is 8.24. The summed E-state index contributed by atoms with van der Waals surface area (Å²) in [7, 11) is 0. The highest BCUT2D eigenvalue weighted by molar-refractivity contribution is 7.11. The van der Waals surface area contributed by atoms with Crippen LogP contribution < -0.4 is 5.32 Å². The van der Waals surface area contributed by atoms with Crippen LogP contribution in [0.15, 0.2) is 48.1 Å². The lowest BCUT2D eigenvalue weighted by molar-refractivity contribution is 0.612. The number of anilines is 1. The molecule has 1 N–H and O–H groups in total. The van der Waals surface area contributed by atoms with Crippen molar-refractivity contribution >= 4 is 46.2 Å². The fourth-order valence-corrected chi connectivity index (χ4v) is 3.61. The summed E-state index contributed by atoms with van der Waals surface area (Å²) >= 11 is 14.2. The van der Waals surface area contributed by atoms with Gasteiger partial charge >= 0.3 is 0 Å². The number of halogens is 2. The summed E-state index contributed by atoms with van der Waals surface area (Å²) in [5, 5.41) is 10.7. The fraction of sp³-hybridized carbons (Fsp3) is 0.0667. The lowest BCUT2D eigenvalue weighted by atomic mass is 10.0. The molecule has 0 unspecified atom stereocenters. The van der Waals surface area contributed by atoms with Gasteiger partial charge in [-0.1, -0.05) is 41.4 Å². The first-order valence-electron chi connectivity index (χ1n) is 6.60. The van der Waals surface area contributed by atoms with Crippen LogP contribution in [-0.4, -0.2) is 14.8 Å². The van der Waals surface area contributed by atoms with E-state index in [0.29, 0.717) is 16.0 Å². The lowest BCUT2D eigenvalue weighted by Gasteiger charge is -2.24. The summed E-state index contributed by atoms with van der Waals surface area (Å²) in [6.45, 7) is 0. The van der Waals surface area contributed by atoms with E-state index in [0.717, 1.165) is 16.1 Å². The third-order valence-electron chi connectivity index (χ3n) is 3.49. The maximum absolute atomic E-state index is 6.39. The predicted octanol–water partition coefficient (Wildman–Crippen LogP) is 4.70. The summed E-state index contributed by atoms with van der Waals surface area (Å²) in [6.07, 6.45) is 3.62. The number of nitrogens with zero attached hydrogens (tertiary/aromatic N) is 3. The Morgan fingerprint density at radius 2 is 2.09 bits per heavy atom. The maximum atomic E-state index is 6.39. The van der Waals surface area contributed by atoms with E-state index < -0.39 is 0 Å². The van der Waals surface area contributed by atoms with Crippen LogP contribution in [-0.2, 0) is 0 Å². The number of hydrogen-bond acceptors (Lipinski definition) is 4. The van der Waals surface area contributed by atoms with Crippen LogP contribution in [0.3, 0.4) is 0 Å². The van der Waals surface area contributed by atoms with Crippen LogP contribution >= 0.6 is 34.5 Å². The average Bonchev–Trinajstić information content (AvgIpc) is 3.19. The van der Waals surface area contributed by atoms with E-state index in [-0.39, 0.29) is 6.04 Å². The van der Waals surface area contributed by atoms with Crippen LogP contribution in [0.4, 0.5) is 5.95 Å². The smallest absolute Gasteiger partial charge is 0.226 e. The van der Waals surface area contributed by atoms with Gasteiger partial charge in [-0.25, -0.2) is 4.68 Å². The largest absolute Gasteiger partial charge is 0.323 e. The molecule has 0 bridgehead atoms. The highest BCUT2D eigenvalue weighted by Gasteiger charge is 2.25. The molecule has 7 heteroatoms. The SMILES string of the molecule is Clc1cccc([C@@H]2C=C(c3cccs3)Nc3ncnn32)c1Cl. The van der Waals surface area contributed by atoms with Crippen LogP contribution in [0.2, 0.25) is 10.0 Å². The number of thiophene rings is 1. The minimum atomic E-state index is -0.151. The predicted molar refractivity (Wildman–Crippen MR) is 90.5 cm³/mol. The van der Waals surface area contributed by atoms with Gasteiger partial charge in [0.25, 0.3) is 0 Å². The summed E-state index contributed by atoms with van der Waals surface area (Å²) < 4.78 is 1.80. The van der Waals surface area contributed by atoms with Crippen molar-refractivity contribution < 1.29 is 0 Å². The van der Waals surface area contributed by atoms with Crippen molar-refractivity contribution in [1.82, 2.24) is 14.8 Å². The van der Waals surface area contributed by atoms with Gasteiger partial charge in [0.1, 0.15) is 12.4 Å². The molecule has 0 saturated carbocycles. The van der Waals surface area contributed by atoms with E-state index in [1.807, 2.05) is 23.6 Å². The van der Waals surface area contributed by atoms with Crippen molar-refractivity contribution in [2.75, 3.05) is 5.32 Å². The second-order valence-electron chi connectivity index (χ2n) is 4.80. The molecule has 1 aromatic carbocycles. The van der Waals surface area contributed by atoms with E-state index >= 15 is 0 Å². The van der Waals surface area contributed by atoms with E-state index in [1.54, 1.807) is 22.1 Å². The molecule has 0 spiro atoms. The molecular weight excluding hydrogens is 339 g/mol. The zero-order valence-electron chi connectivity index (χ0n) is 11.2. The Morgan fingerprint density at radius 3 is 2.91 bits per heavy atom.